The summed E-state index contributed by atoms with van der Waals surface area (Å²) in [4.78, 5) is 21.6. The third-order valence-corrected chi connectivity index (χ3v) is 2.13. The molecule has 0 bridgehead atoms. The third-order valence-electron chi connectivity index (χ3n) is 1.83. The fraction of sp³-hybridized carbons (Fsp3) is 0.846. The van der Waals surface area contributed by atoms with E-state index < -0.39 is 23.3 Å². The monoisotopic (exact) mass is 333 g/mol. The van der Waals surface area contributed by atoms with E-state index in [9.17, 15) is 22.8 Å². The number of carbonyl (C=O) groups is 2. The van der Waals surface area contributed by atoms with E-state index in [1.807, 2.05) is 0 Å². The number of alkyl carbamates (subject to hydrolysis) is 1. The molecule has 0 rings (SSSR count). The molecule has 0 radical (unpaired) electrons. The molecule has 8 heteroatoms. The molecule has 0 fully saturated rings. The molecule has 0 aliphatic heterocycles. The zero-order valence-corrected chi connectivity index (χ0v) is 13.9. The molecule has 0 unspecified atom stereocenters. The Hall–Kier alpha value is -0.980. The minimum atomic E-state index is -4.06. The van der Waals surface area contributed by atoms with Gasteiger partial charge in [0.15, 0.2) is 5.78 Å². The highest BCUT2D eigenvalue weighted by Gasteiger charge is 2.42. The second-order valence-electron chi connectivity index (χ2n) is 6.28. The molecule has 1 amide bonds. The Morgan fingerprint density at radius 3 is 1.67 bits per heavy atom. The van der Waals surface area contributed by atoms with Crippen LogP contribution < -0.4 is 5.32 Å². The predicted molar refractivity (Wildman–Crippen MR) is 75.5 cm³/mol. The highest BCUT2D eigenvalue weighted by atomic mass is 35.5. The van der Waals surface area contributed by atoms with Gasteiger partial charge in [0.1, 0.15) is 5.60 Å². The topological polar surface area (TPSA) is 55.4 Å². The van der Waals surface area contributed by atoms with Crippen molar-refractivity contribution in [3.8, 4) is 0 Å². The SMILES string of the molecule is CC(C)(C)C(F)(F)F.CC(C)(C)OC(=O)NCC(=O)CCl. The first-order valence-corrected chi connectivity index (χ1v) is 6.75. The van der Waals surface area contributed by atoms with Gasteiger partial charge in [-0.1, -0.05) is 20.8 Å². The molecule has 0 atom stereocenters. The average molecular weight is 334 g/mol. The summed E-state index contributed by atoms with van der Waals surface area (Å²) in [5, 5.41) is 2.29. The summed E-state index contributed by atoms with van der Waals surface area (Å²) in [7, 11) is 0. The van der Waals surface area contributed by atoms with Crippen LogP contribution in [0.1, 0.15) is 41.5 Å². The van der Waals surface area contributed by atoms with Gasteiger partial charge in [0.05, 0.1) is 17.8 Å². The van der Waals surface area contributed by atoms with Crippen LogP contribution in [-0.2, 0) is 9.53 Å². The average Bonchev–Trinajstić information content (AvgIpc) is 2.21. The molecule has 0 aromatic rings. The Labute approximate surface area is 128 Å². The van der Waals surface area contributed by atoms with Gasteiger partial charge in [0.2, 0.25) is 0 Å². The quantitative estimate of drug-likeness (QED) is 0.796. The third kappa shape index (κ3) is 13.7. The number of nitrogens with one attached hydrogen (secondary N) is 1. The van der Waals surface area contributed by atoms with Gasteiger partial charge in [-0.2, -0.15) is 13.2 Å². The van der Waals surface area contributed by atoms with Crippen LogP contribution in [0.4, 0.5) is 18.0 Å². The van der Waals surface area contributed by atoms with Crippen molar-refractivity contribution in [1.29, 1.82) is 0 Å². The summed E-state index contributed by atoms with van der Waals surface area (Å²) in [6, 6.07) is 0. The largest absolute Gasteiger partial charge is 0.444 e. The van der Waals surface area contributed by atoms with E-state index in [0.29, 0.717) is 0 Å². The fourth-order valence-electron chi connectivity index (χ4n) is 0.532. The van der Waals surface area contributed by atoms with Crippen LogP contribution in [0.15, 0.2) is 0 Å². The zero-order chi connectivity index (χ0) is 17.5. The fourth-order valence-corrected chi connectivity index (χ4v) is 0.627. The Morgan fingerprint density at radius 2 is 1.43 bits per heavy atom. The number of ketones is 1. The lowest BCUT2D eigenvalue weighted by molar-refractivity contribution is -0.204. The molecule has 0 spiro atoms. The summed E-state index contributed by atoms with van der Waals surface area (Å²) >= 11 is 5.23. The summed E-state index contributed by atoms with van der Waals surface area (Å²) < 4.78 is 39.6. The van der Waals surface area contributed by atoms with E-state index in [-0.39, 0.29) is 18.2 Å². The molecule has 0 heterocycles. The number of ether oxygens (including phenoxy) is 1. The smallest absolute Gasteiger partial charge is 0.408 e. The van der Waals surface area contributed by atoms with E-state index in [0.717, 1.165) is 20.8 Å². The molecule has 4 nitrogen and oxygen atoms in total. The lowest BCUT2D eigenvalue weighted by Gasteiger charge is -2.21. The molecule has 0 saturated carbocycles. The first kappa shape index (κ1) is 22.3. The second-order valence-corrected chi connectivity index (χ2v) is 6.54. The standard InChI is InChI=1S/C8H14ClNO3.C5H9F3/c1-8(2,3)13-7(12)10-5-6(11)4-9;1-4(2,3)5(6,7)8/h4-5H2,1-3H3,(H,10,12);1-3H3. The van der Waals surface area contributed by atoms with Gasteiger partial charge in [0.25, 0.3) is 0 Å². The molecule has 0 aromatic carbocycles. The number of halogens is 4. The predicted octanol–water partition coefficient (Wildman–Crippen LogP) is 3.91. The second kappa shape index (κ2) is 8.46. The van der Waals surface area contributed by atoms with E-state index in [1.165, 1.54) is 0 Å². The van der Waals surface area contributed by atoms with E-state index in [2.05, 4.69) is 5.32 Å². The Bertz CT molecular complexity index is 332. The van der Waals surface area contributed by atoms with Gasteiger partial charge in [-0.15, -0.1) is 11.6 Å². The van der Waals surface area contributed by atoms with Crippen LogP contribution in [0.5, 0.6) is 0 Å². The number of Topliss-reactive ketones (excluding diaryl/α,β-unsaturated/α-hetero) is 1. The number of hydrogen-bond acceptors (Lipinski definition) is 3. The lowest BCUT2D eigenvalue weighted by atomic mass is 9.96. The van der Waals surface area contributed by atoms with Crippen molar-refractivity contribution in [1.82, 2.24) is 5.32 Å². The summed E-state index contributed by atoms with van der Waals surface area (Å²) in [5.41, 5.74) is -2.11. The maximum Gasteiger partial charge on any atom is 0.408 e. The Morgan fingerprint density at radius 1 is 1.05 bits per heavy atom. The molecule has 0 saturated heterocycles. The van der Waals surface area contributed by atoms with Gasteiger partial charge in [-0.3, -0.25) is 4.79 Å². The first-order valence-electron chi connectivity index (χ1n) is 6.21. The molecular weight excluding hydrogens is 311 g/mol. The normalized spacial score (nSPS) is 12.1. The molecule has 21 heavy (non-hydrogen) atoms. The van der Waals surface area contributed by atoms with E-state index in [1.54, 1.807) is 20.8 Å². The number of hydrogen-bond donors (Lipinski definition) is 1. The number of carbonyl (C=O) groups excluding carboxylic acids is 2. The molecular formula is C13H23ClF3NO3. The van der Waals surface area contributed by atoms with Gasteiger partial charge in [-0.05, 0) is 20.8 Å². The van der Waals surface area contributed by atoms with Crippen molar-refractivity contribution < 1.29 is 27.5 Å². The van der Waals surface area contributed by atoms with Crippen LogP contribution in [0.25, 0.3) is 0 Å². The maximum absolute atomic E-state index is 11.6. The van der Waals surface area contributed by atoms with Crippen molar-refractivity contribution in [2.75, 3.05) is 12.4 Å². The van der Waals surface area contributed by atoms with Crippen molar-refractivity contribution >= 4 is 23.5 Å². The van der Waals surface area contributed by atoms with E-state index >= 15 is 0 Å². The van der Waals surface area contributed by atoms with Gasteiger partial charge in [-0.25, -0.2) is 4.79 Å². The molecule has 126 valence electrons. The minimum absolute atomic E-state index is 0.0849. The van der Waals surface area contributed by atoms with Crippen molar-refractivity contribution in [3.05, 3.63) is 0 Å². The Balaban J connectivity index is 0. The van der Waals surface area contributed by atoms with Crippen LogP contribution in [-0.4, -0.2) is 36.1 Å². The maximum atomic E-state index is 11.6. The van der Waals surface area contributed by atoms with Gasteiger partial charge in [0, 0.05) is 0 Å². The Kier molecular flexibility index (Phi) is 8.98. The lowest BCUT2D eigenvalue weighted by Crippen LogP contribution is -2.35. The van der Waals surface area contributed by atoms with Crippen LogP contribution >= 0.6 is 11.6 Å². The molecule has 0 aromatic heterocycles. The van der Waals surface area contributed by atoms with Crippen LogP contribution in [0, 0.1) is 5.41 Å². The van der Waals surface area contributed by atoms with Gasteiger partial charge < -0.3 is 10.1 Å². The van der Waals surface area contributed by atoms with E-state index in [4.69, 9.17) is 16.3 Å². The molecule has 0 aliphatic carbocycles. The zero-order valence-electron chi connectivity index (χ0n) is 13.2. The number of amides is 1. The molecule has 1 N–H and O–H groups in total. The minimum Gasteiger partial charge on any atom is -0.444 e. The van der Waals surface area contributed by atoms with Crippen LogP contribution in [0.2, 0.25) is 0 Å². The van der Waals surface area contributed by atoms with Crippen LogP contribution in [0.3, 0.4) is 0 Å². The number of alkyl halides is 4. The number of rotatable bonds is 3. The highest BCUT2D eigenvalue weighted by molar-refractivity contribution is 6.28. The highest BCUT2D eigenvalue weighted by Crippen LogP contribution is 2.36. The molecule has 0 aliphatic rings. The summed E-state index contributed by atoms with van der Waals surface area (Å²) in [6.45, 7) is 8.59. The summed E-state index contributed by atoms with van der Waals surface area (Å²) in [5.74, 6) is -0.344. The van der Waals surface area contributed by atoms with Crippen molar-refractivity contribution in [2.24, 2.45) is 5.41 Å². The van der Waals surface area contributed by atoms with Crippen molar-refractivity contribution in [2.45, 2.75) is 53.3 Å². The summed E-state index contributed by atoms with van der Waals surface area (Å²) in [6.07, 6.45) is -4.67. The first-order chi connectivity index (χ1) is 9.10. The van der Waals surface area contributed by atoms with Crippen molar-refractivity contribution in [3.63, 3.8) is 0 Å². The van der Waals surface area contributed by atoms with Gasteiger partial charge >= 0.3 is 12.3 Å².